The normalized spacial score (nSPS) is 10.8. The van der Waals surface area contributed by atoms with Gasteiger partial charge in [-0.05, 0) is 19.5 Å². The molecule has 18 heavy (non-hydrogen) atoms. The molecule has 0 aliphatic heterocycles. The first kappa shape index (κ1) is 14.9. The first-order valence-corrected chi connectivity index (χ1v) is 7.16. The minimum atomic E-state index is -0.841. The van der Waals surface area contributed by atoms with E-state index in [2.05, 4.69) is 29.0 Å². The van der Waals surface area contributed by atoms with Crippen molar-refractivity contribution in [1.29, 1.82) is 0 Å². The van der Waals surface area contributed by atoms with Gasteiger partial charge in [0.15, 0.2) is 5.13 Å². The second-order valence-corrected chi connectivity index (χ2v) is 4.93. The summed E-state index contributed by atoms with van der Waals surface area (Å²) in [6.45, 7) is 8.32. The molecule has 0 aliphatic rings. The lowest BCUT2D eigenvalue weighted by Crippen LogP contribution is -2.29. The first-order chi connectivity index (χ1) is 8.65. The number of carbonyl (C=O) groups is 1. The number of thiazole rings is 1. The Bertz CT molecular complexity index is 368. The minimum absolute atomic E-state index is 0.00486. The largest absolute Gasteiger partial charge is 0.481 e. The molecular formula is C12H21N3O2S. The van der Waals surface area contributed by atoms with Crippen molar-refractivity contribution in [2.45, 2.75) is 26.7 Å². The van der Waals surface area contributed by atoms with Gasteiger partial charge in [0.25, 0.3) is 0 Å². The molecule has 0 radical (unpaired) electrons. The highest BCUT2D eigenvalue weighted by molar-refractivity contribution is 7.13. The summed E-state index contributed by atoms with van der Waals surface area (Å²) in [4.78, 5) is 17.1. The van der Waals surface area contributed by atoms with Crippen LogP contribution < -0.4 is 5.32 Å². The van der Waals surface area contributed by atoms with Crippen molar-refractivity contribution in [3.8, 4) is 0 Å². The molecule has 0 saturated heterocycles. The average molecular weight is 271 g/mol. The number of carboxylic acids is 1. The van der Waals surface area contributed by atoms with Crippen LogP contribution in [-0.2, 0) is 11.2 Å². The molecule has 0 spiro atoms. The van der Waals surface area contributed by atoms with Gasteiger partial charge < -0.3 is 15.3 Å². The lowest BCUT2D eigenvalue weighted by Gasteiger charge is -2.19. The summed E-state index contributed by atoms with van der Waals surface area (Å²) in [5, 5.41) is 14.5. The van der Waals surface area contributed by atoms with Crippen molar-refractivity contribution in [2.75, 3.05) is 31.5 Å². The van der Waals surface area contributed by atoms with Crippen LogP contribution in [0.4, 0.5) is 5.13 Å². The van der Waals surface area contributed by atoms with Crippen molar-refractivity contribution in [2.24, 2.45) is 0 Å². The predicted molar refractivity (Wildman–Crippen MR) is 74.3 cm³/mol. The molecule has 1 aromatic heterocycles. The smallest absolute Gasteiger partial charge is 0.309 e. The fraction of sp³-hybridized carbons (Fsp3) is 0.667. The quantitative estimate of drug-likeness (QED) is 0.718. The van der Waals surface area contributed by atoms with Gasteiger partial charge in [0.05, 0.1) is 12.1 Å². The molecule has 0 amide bonds. The van der Waals surface area contributed by atoms with Crippen LogP contribution >= 0.6 is 11.3 Å². The molecule has 1 aromatic rings. The number of aromatic nitrogens is 1. The average Bonchev–Trinajstić information content (AvgIpc) is 2.74. The maximum atomic E-state index is 10.5. The summed E-state index contributed by atoms with van der Waals surface area (Å²) >= 11 is 1.46. The van der Waals surface area contributed by atoms with Crippen molar-refractivity contribution in [1.82, 2.24) is 9.88 Å². The summed E-state index contributed by atoms with van der Waals surface area (Å²) < 4.78 is 0. The molecule has 1 rings (SSSR count). The minimum Gasteiger partial charge on any atom is -0.481 e. The van der Waals surface area contributed by atoms with E-state index in [1.807, 2.05) is 0 Å². The number of nitrogens with one attached hydrogen (secondary N) is 1. The fourth-order valence-electron chi connectivity index (χ4n) is 1.69. The molecule has 1 heterocycles. The Balaban J connectivity index is 2.30. The SMILES string of the molecule is CCCN(CC)CCNc1nc(CC(=O)O)cs1. The standard InChI is InChI=1S/C12H21N3O2S/c1-3-6-15(4-2)7-5-13-12-14-10(9-18-12)8-11(16)17/h9H,3-8H2,1-2H3,(H,13,14)(H,16,17). The number of hydrogen-bond acceptors (Lipinski definition) is 5. The highest BCUT2D eigenvalue weighted by atomic mass is 32.1. The van der Waals surface area contributed by atoms with E-state index < -0.39 is 5.97 Å². The lowest BCUT2D eigenvalue weighted by atomic mass is 10.3. The van der Waals surface area contributed by atoms with Gasteiger partial charge in [-0.25, -0.2) is 4.98 Å². The van der Waals surface area contributed by atoms with E-state index >= 15 is 0 Å². The Morgan fingerprint density at radius 2 is 2.28 bits per heavy atom. The fourth-order valence-corrected chi connectivity index (χ4v) is 2.43. The van der Waals surface area contributed by atoms with E-state index in [0.717, 1.165) is 37.7 Å². The Labute approximate surface area is 112 Å². The second kappa shape index (κ2) is 8.05. The number of likely N-dealkylation sites (N-methyl/N-ethyl adjacent to an activating group) is 1. The van der Waals surface area contributed by atoms with Gasteiger partial charge in [0.2, 0.25) is 0 Å². The number of aliphatic carboxylic acids is 1. The topological polar surface area (TPSA) is 65.5 Å². The summed E-state index contributed by atoms with van der Waals surface area (Å²) in [5.74, 6) is -0.841. The zero-order chi connectivity index (χ0) is 13.4. The Morgan fingerprint density at radius 1 is 1.50 bits per heavy atom. The van der Waals surface area contributed by atoms with Crippen molar-refractivity contribution in [3.63, 3.8) is 0 Å². The summed E-state index contributed by atoms with van der Waals surface area (Å²) in [5.41, 5.74) is 0.621. The van der Waals surface area contributed by atoms with Crippen LogP contribution in [0.5, 0.6) is 0 Å². The highest BCUT2D eigenvalue weighted by Crippen LogP contribution is 2.15. The molecule has 102 valence electrons. The molecule has 0 bridgehead atoms. The number of hydrogen-bond donors (Lipinski definition) is 2. The van der Waals surface area contributed by atoms with Crippen LogP contribution in [-0.4, -0.2) is 47.1 Å². The molecule has 0 aromatic carbocycles. The Kier molecular flexibility index (Phi) is 6.67. The molecular weight excluding hydrogens is 250 g/mol. The Morgan fingerprint density at radius 3 is 2.89 bits per heavy atom. The van der Waals surface area contributed by atoms with Crippen LogP contribution in [0.3, 0.4) is 0 Å². The van der Waals surface area contributed by atoms with Crippen molar-refractivity contribution < 1.29 is 9.90 Å². The van der Waals surface area contributed by atoms with Gasteiger partial charge in [0, 0.05) is 18.5 Å². The van der Waals surface area contributed by atoms with E-state index in [1.165, 1.54) is 11.3 Å². The first-order valence-electron chi connectivity index (χ1n) is 6.28. The predicted octanol–water partition coefficient (Wildman–Crippen LogP) is 1.91. The third-order valence-electron chi connectivity index (χ3n) is 2.58. The second-order valence-electron chi connectivity index (χ2n) is 4.08. The molecule has 0 fully saturated rings. The van der Waals surface area contributed by atoms with E-state index in [9.17, 15) is 4.79 Å². The van der Waals surface area contributed by atoms with Gasteiger partial charge in [0.1, 0.15) is 0 Å². The number of nitrogens with zero attached hydrogens (tertiary/aromatic N) is 2. The molecule has 0 aliphatic carbocycles. The zero-order valence-corrected chi connectivity index (χ0v) is 11.8. The molecule has 0 atom stereocenters. The van der Waals surface area contributed by atoms with Crippen LogP contribution in [0.25, 0.3) is 0 Å². The Hall–Kier alpha value is -1.14. The van der Waals surface area contributed by atoms with E-state index in [-0.39, 0.29) is 6.42 Å². The number of carboxylic acid groups (broad SMARTS) is 1. The van der Waals surface area contributed by atoms with E-state index in [0.29, 0.717) is 5.69 Å². The van der Waals surface area contributed by atoms with Gasteiger partial charge >= 0.3 is 5.97 Å². The molecule has 2 N–H and O–H groups in total. The zero-order valence-electron chi connectivity index (χ0n) is 11.0. The van der Waals surface area contributed by atoms with Gasteiger partial charge in [-0.1, -0.05) is 13.8 Å². The maximum absolute atomic E-state index is 10.5. The molecule has 6 heteroatoms. The molecule has 0 saturated carbocycles. The third kappa shape index (κ3) is 5.46. The van der Waals surface area contributed by atoms with E-state index in [4.69, 9.17) is 5.11 Å². The summed E-state index contributed by atoms with van der Waals surface area (Å²) in [6.07, 6.45) is 1.16. The lowest BCUT2D eigenvalue weighted by molar-refractivity contribution is -0.136. The maximum Gasteiger partial charge on any atom is 0.309 e. The molecule has 5 nitrogen and oxygen atoms in total. The monoisotopic (exact) mass is 271 g/mol. The van der Waals surface area contributed by atoms with Gasteiger partial charge in [-0.3, -0.25) is 4.79 Å². The van der Waals surface area contributed by atoms with Crippen molar-refractivity contribution in [3.05, 3.63) is 11.1 Å². The summed E-state index contributed by atoms with van der Waals surface area (Å²) in [6, 6.07) is 0. The van der Waals surface area contributed by atoms with Crippen LogP contribution in [0, 0.1) is 0 Å². The third-order valence-corrected chi connectivity index (χ3v) is 3.42. The number of anilines is 1. The molecule has 0 unspecified atom stereocenters. The highest BCUT2D eigenvalue weighted by Gasteiger charge is 2.06. The summed E-state index contributed by atoms with van der Waals surface area (Å²) in [7, 11) is 0. The van der Waals surface area contributed by atoms with Crippen LogP contribution in [0.1, 0.15) is 26.0 Å². The van der Waals surface area contributed by atoms with Gasteiger partial charge in [-0.15, -0.1) is 11.3 Å². The van der Waals surface area contributed by atoms with Crippen LogP contribution in [0.2, 0.25) is 0 Å². The van der Waals surface area contributed by atoms with Crippen LogP contribution in [0.15, 0.2) is 5.38 Å². The van der Waals surface area contributed by atoms with Gasteiger partial charge in [-0.2, -0.15) is 0 Å². The van der Waals surface area contributed by atoms with E-state index in [1.54, 1.807) is 5.38 Å². The van der Waals surface area contributed by atoms with Crippen molar-refractivity contribution >= 4 is 22.4 Å². The number of rotatable bonds is 9.